The first-order valence-electron chi connectivity index (χ1n) is 7.55. The first-order valence-corrected chi connectivity index (χ1v) is 8.43. The Kier molecular flexibility index (Phi) is 3.63. The second kappa shape index (κ2) is 5.92. The Labute approximate surface area is 137 Å². The topological polar surface area (TPSA) is 72.7 Å². The minimum absolute atomic E-state index is 0.245. The number of thiazole rings is 1. The maximum Gasteiger partial charge on any atom is 0.278 e. The van der Waals surface area contributed by atoms with Gasteiger partial charge in [-0.15, -0.1) is 21.5 Å². The molecule has 0 fully saturated rings. The zero-order chi connectivity index (χ0) is 15.6. The summed E-state index contributed by atoms with van der Waals surface area (Å²) in [7, 11) is 0. The van der Waals surface area contributed by atoms with Crippen molar-refractivity contribution in [2.24, 2.45) is 0 Å². The molecule has 0 bridgehead atoms. The Balaban J connectivity index is 1.61. The average Bonchev–Trinajstić information content (AvgIpc) is 3.23. The first-order chi connectivity index (χ1) is 11.3. The molecule has 0 radical (unpaired) electrons. The van der Waals surface area contributed by atoms with Crippen molar-refractivity contribution in [3.63, 3.8) is 0 Å². The summed E-state index contributed by atoms with van der Waals surface area (Å²) in [6.45, 7) is 0.848. The number of aryl methyl sites for hydroxylation is 1. The lowest BCUT2D eigenvalue weighted by Crippen LogP contribution is -2.19. The number of anilines is 1. The van der Waals surface area contributed by atoms with Gasteiger partial charge in [0.05, 0.1) is 10.4 Å². The number of aromatic nitrogens is 4. The molecule has 3 aromatic rings. The molecule has 1 N–H and O–H groups in total. The molecule has 0 spiro atoms. The first kappa shape index (κ1) is 14.1. The number of hydrogen-bond donors (Lipinski definition) is 1. The van der Waals surface area contributed by atoms with Gasteiger partial charge in [-0.05, 0) is 18.4 Å². The number of nitrogens with one attached hydrogen (secondary N) is 1. The number of nitrogens with zero attached hydrogens (tertiary/aromatic N) is 4. The molecule has 0 unspecified atom stereocenters. The van der Waals surface area contributed by atoms with Crippen molar-refractivity contribution in [1.82, 2.24) is 19.7 Å². The van der Waals surface area contributed by atoms with Crippen LogP contribution in [0.1, 0.15) is 29.2 Å². The predicted octanol–water partition coefficient (Wildman–Crippen LogP) is 2.99. The van der Waals surface area contributed by atoms with E-state index in [0.29, 0.717) is 11.6 Å². The molecule has 0 saturated carbocycles. The van der Waals surface area contributed by atoms with Crippen LogP contribution >= 0.6 is 11.3 Å². The van der Waals surface area contributed by atoms with Gasteiger partial charge in [0.25, 0.3) is 5.91 Å². The van der Waals surface area contributed by atoms with Gasteiger partial charge >= 0.3 is 0 Å². The van der Waals surface area contributed by atoms with Crippen LogP contribution in [0.5, 0.6) is 0 Å². The molecular formula is C16H15N5OS. The van der Waals surface area contributed by atoms with Crippen molar-refractivity contribution in [3.8, 4) is 10.4 Å². The molecule has 7 heteroatoms. The van der Waals surface area contributed by atoms with E-state index in [0.717, 1.165) is 42.1 Å². The van der Waals surface area contributed by atoms with E-state index in [1.165, 1.54) is 11.3 Å². The largest absolute Gasteiger partial charge is 0.297 e. The van der Waals surface area contributed by atoms with Gasteiger partial charge in [0.1, 0.15) is 11.5 Å². The highest BCUT2D eigenvalue weighted by molar-refractivity contribution is 7.13. The van der Waals surface area contributed by atoms with Crippen LogP contribution in [0.25, 0.3) is 10.4 Å². The molecule has 116 valence electrons. The summed E-state index contributed by atoms with van der Waals surface area (Å²) in [5.74, 6) is 1.20. The van der Waals surface area contributed by atoms with E-state index in [9.17, 15) is 4.79 Å². The average molecular weight is 325 g/mol. The lowest BCUT2D eigenvalue weighted by molar-refractivity contribution is 0.102. The number of benzene rings is 1. The van der Waals surface area contributed by atoms with Crippen LogP contribution in [0.3, 0.4) is 0 Å². The molecule has 6 nitrogen and oxygen atoms in total. The second-order valence-corrected chi connectivity index (χ2v) is 6.25. The Hall–Kier alpha value is -2.54. The number of rotatable bonds is 3. The number of fused-ring (bicyclic) bond motifs is 1. The third-order valence-electron chi connectivity index (χ3n) is 3.90. The third-order valence-corrected chi connectivity index (χ3v) is 4.78. The van der Waals surface area contributed by atoms with Gasteiger partial charge in [-0.1, -0.05) is 30.3 Å². The molecule has 4 rings (SSSR count). The highest BCUT2D eigenvalue weighted by Crippen LogP contribution is 2.28. The summed E-state index contributed by atoms with van der Waals surface area (Å²) >= 11 is 1.46. The maximum atomic E-state index is 12.6. The van der Waals surface area contributed by atoms with Gasteiger partial charge in [-0.2, -0.15) is 0 Å². The fourth-order valence-corrected chi connectivity index (χ4v) is 3.56. The van der Waals surface area contributed by atoms with Crippen LogP contribution in [0.4, 0.5) is 5.95 Å². The molecule has 0 aliphatic carbocycles. The number of carbonyl (C=O) groups is 1. The van der Waals surface area contributed by atoms with Crippen molar-refractivity contribution in [1.29, 1.82) is 0 Å². The van der Waals surface area contributed by atoms with Crippen LogP contribution in [-0.2, 0) is 13.0 Å². The molecule has 2 aromatic heterocycles. The SMILES string of the molecule is O=C(Nc1nnc2n1CCCC2)c1ncsc1-c1ccccc1. The normalized spacial score (nSPS) is 13.6. The number of amides is 1. The van der Waals surface area contributed by atoms with E-state index in [1.54, 1.807) is 5.51 Å². The lowest BCUT2D eigenvalue weighted by Gasteiger charge is -2.14. The molecule has 0 atom stereocenters. The Bertz CT molecular complexity index is 839. The third kappa shape index (κ3) is 2.63. The fourth-order valence-electron chi connectivity index (χ4n) is 2.76. The minimum Gasteiger partial charge on any atom is -0.297 e. The summed E-state index contributed by atoms with van der Waals surface area (Å²) in [5, 5.41) is 11.1. The van der Waals surface area contributed by atoms with Crippen LogP contribution in [0, 0.1) is 0 Å². The van der Waals surface area contributed by atoms with Gasteiger partial charge in [0.15, 0.2) is 0 Å². The van der Waals surface area contributed by atoms with Gasteiger partial charge in [0.2, 0.25) is 5.95 Å². The summed E-state index contributed by atoms with van der Waals surface area (Å²) in [6, 6.07) is 9.80. The summed E-state index contributed by atoms with van der Waals surface area (Å²) in [4.78, 5) is 17.7. The van der Waals surface area contributed by atoms with Gasteiger partial charge in [0, 0.05) is 13.0 Å². The van der Waals surface area contributed by atoms with E-state index in [4.69, 9.17) is 0 Å². The molecular weight excluding hydrogens is 310 g/mol. The molecule has 1 aromatic carbocycles. The van der Waals surface area contributed by atoms with E-state index in [-0.39, 0.29) is 5.91 Å². The monoisotopic (exact) mass is 325 g/mol. The van der Waals surface area contributed by atoms with Gasteiger partial charge in [-0.25, -0.2) is 4.98 Å². The van der Waals surface area contributed by atoms with Crippen LogP contribution in [0.15, 0.2) is 35.8 Å². The zero-order valence-electron chi connectivity index (χ0n) is 12.4. The number of carbonyl (C=O) groups excluding carboxylic acids is 1. The quantitative estimate of drug-likeness (QED) is 0.803. The molecule has 3 heterocycles. The smallest absolute Gasteiger partial charge is 0.278 e. The Morgan fingerprint density at radius 3 is 2.91 bits per heavy atom. The van der Waals surface area contributed by atoms with Gasteiger partial charge in [-0.3, -0.25) is 14.7 Å². The van der Waals surface area contributed by atoms with E-state index < -0.39 is 0 Å². The zero-order valence-corrected chi connectivity index (χ0v) is 13.2. The highest BCUT2D eigenvalue weighted by Gasteiger charge is 2.21. The second-order valence-electron chi connectivity index (χ2n) is 5.40. The molecule has 0 saturated heterocycles. The van der Waals surface area contributed by atoms with Crippen molar-refractivity contribution >= 4 is 23.2 Å². The Morgan fingerprint density at radius 2 is 2.04 bits per heavy atom. The van der Waals surface area contributed by atoms with E-state index in [2.05, 4.69) is 20.5 Å². The molecule has 1 aliphatic heterocycles. The predicted molar refractivity (Wildman–Crippen MR) is 88.5 cm³/mol. The van der Waals surface area contributed by atoms with Crippen LogP contribution < -0.4 is 5.32 Å². The van der Waals surface area contributed by atoms with Crippen molar-refractivity contribution in [3.05, 3.63) is 47.4 Å². The number of hydrogen-bond acceptors (Lipinski definition) is 5. The molecule has 23 heavy (non-hydrogen) atoms. The standard InChI is InChI=1S/C16H15N5OS/c22-15(18-16-20-19-12-8-4-5-9-21(12)16)13-14(23-10-17-13)11-6-2-1-3-7-11/h1-3,6-7,10H,4-5,8-9H2,(H,18,20,22). The van der Waals surface area contributed by atoms with Crippen molar-refractivity contribution in [2.75, 3.05) is 5.32 Å². The summed E-state index contributed by atoms with van der Waals surface area (Å²) in [5.41, 5.74) is 3.11. The molecule has 1 amide bonds. The molecule has 1 aliphatic rings. The highest BCUT2D eigenvalue weighted by atomic mass is 32.1. The van der Waals surface area contributed by atoms with Crippen molar-refractivity contribution in [2.45, 2.75) is 25.8 Å². The fraction of sp³-hybridized carbons (Fsp3) is 0.250. The van der Waals surface area contributed by atoms with Crippen LogP contribution in [0.2, 0.25) is 0 Å². The van der Waals surface area contributed by atoms with E-state index >= 15 is 0 Å². The maximum absolute atomic E-state index is 12.6. The van der Waals surface area contributed by atoms with Crippen molar-refractivity contribution < 1.29 is 4.79 Å². The Morgan fingerprint density at radius 1 is 1.17 bits per heavy atom. The minimum atomic E-state index is -0.245. The van der Waals surface area contributed by atoms with Crippen LogP contribution in [-0.4, -0.2) is 25.7 Å². The summed E-state index contributed by atoms with van der Waals surface area (Å²) in [6.07, 6.45) is 3.12. The van der Waals surface area contributed by atoms with Gasteiger partial charge < -0.3 is 0 Å². The summed E-state index contributed by atoms with van der Waals surface area (Å²) < 4.78 is 1.98. The van der Waals surface area contributed by atoms with E-state index in [1.807, 2.05) is 34.9 Å². The lowest BCUT2D eigenvalue weighted by atomic mass is 10.1.